The third-order valence-corrected chi connectivity index (χ3v) is 3.90. The summed E-state index contributed by atoms with van der Waals surface area (Å²) in [5.41, 5.74) is 2.87. The maximum Gasteiger partial charge on any atom is 0.139 e. The van der Waals surface area contributed by atoms with Gasteiger partial charge < -0.3 is 9.64 Å². The minimum absolute atomic E-state index is 0.492. The average Bonchev–Trinajstić information content (AvgIpc) is 3.09. The summed E-state index contributed by atoms with van der Waals surface area (Å²) in [6.45, 7) is 2.89. The molecule has 1 fully saturated rings. The zero-order valence-electron chi connectivity index (χ0n) is 11.9. The zero-order valence-corrected chi connectivity index (χ0v) is 11.9. The van der Waals surface area contributed by atoms with Crippen LogP contribution in [-0.4, -0.2) is 41.5 Å². The van der Waals surface area contributed by atoms with Gasteiger partial charge in [0.2, 0.25) is 0 Å². The van der Waals surface area contributed by atoms with Crippen LogP contribution in [0.4, 0.5) is 0 Å². The first-order valence-corrected chi connectivity index (χ1v) is 7.33. The summed E-state index contributed by atoms with van der Waals surface area (Å²) in [4.78, 5) is 2.32. The standard InChI is InChI=1S/C15H21N3O2/c1-18(9-3-6-13-7-4-10-19-13)11-12-5-2-8-14-15(12)17-20-16-14/h2,5,8,13H,3-4,6-7,9-11H2,1H3/t13-/m0/s1. The summed E-state index contributed by atoms with van der Waals surface area (Å²) in [6.07, 6.45) is 5.29. The molecule has 1 aromatic carbocycles. The van der Waals surface area contributed by atoms with Crippen molar-refractivity contribution in [1.29, 1.82) is 0 Å². The number of rotatable bonds is 6. The Bertz CT molecular complexity index is 549. The molecule has 1 aliphatic rings. The van der Waals surface area contributed by atoms with Crippen molar-refractivity contribution in [2.24, 2.45) is 0 Å². The van der Waals surface area contributed by atoms with Gasteiger partial charge in [-0.3, -0.25) is 0 Å². The second kappa shape index (κ2) is 6.33. The predicted molar refractivity (Wildman–Crippen MR) is 76.3 cm³/mol. The molecule has 1 atom stereocenters. The molecular weight excluding hydrogens is 254 g/mol. The van der Waals surface area contributed by atoms with Crippen molar-refractivity contribution < 1.29 is 9.37 Å². The molecule has 0 spiro atoms. The second-order valence-electron chi connectivity index (χ2n) is 5.56. The highest BCUT2D eigenvalue weighted by Gasteiger charge is 2.15. The molecule has 5 nitrogen and oxygen atoms in total. The third-order valence-electron chi connectivity index (χ3n) is 3.90. The zero-order chi connectivity index (χ0) is 13.8. The van der Waals surface area contributed by atoms with E-state index in [0.29, 0.717) is 6.10 Å². The molecule has 108 valence electrons. The van der Waals surface area contributed by atoms with Gasteiger partial charge in [0, 0.05) is 13.2 Å². The molecule has 0 radical (unpaired) electrons. The number of benzene rings is 1. The van der Waals surface area contributed by atoms with Gasteiger partial charge >= 0.3 is 0 Å². The van der Waals surface area contributed by atoms with E-state index in [1.54, 1.807) is 0 Å². The van der Waals surface area contributed by atoms with Crippen molar-refractivity contribution in [2.45, 2.75) is 38.3 Å². The molecule has 2 heterocycles. The molecule has 0 N–H and O–H groups in total. The van der Waals surface area contributed by atoms with Crippen LogP contribution >= 0.6 is 0 Å². The van der Waals surface area contributed by atoms with Crippen LogP contribution in [0.25, 0.3) is 11.0 Å². The number of nitrogens with zero attached hydrogens (tertiary/aromatic N) is 3. The largest absolute Gasteiger partial charge is 0.378 e. The highest BCUT2D eigenvalue weighted by atomic mass is 16.6. The molecule has 1 saturated heterocycles. The van der Waals surface area contributed by atoms with Gasteiger partial charge in [0.25, 0.3) is 0 Å². The summed E-state index contributed by atoms with van der Waals surface area (Å²) in [5, 5.41) is 7.86. The van der Waals surface area contributed by atoms with Crippen molar-refractivity contribution >= 4 is 11.0 Å². The molecule has 0 saturated carbocycles. The monoisotopic (exact) mass is 275 g/mol. The lowest BCUT2D eigenvalue weighted by Crippen LogP contribution is -2.20. The molecule has 5 heteroatoms. The SMILES string of the molecule is CN(CCC[C@H]1CCCO1)Cc1cccc2nonc12. The van der Waals surface area contributed by atoms with Crippen molar-refractivity contribution in [3.8, 4) is 0 Å². The topological polar surface area (TPSA) is 51.4 Å². The highest BCUT2D eigenvalue weighted by molar-refractivity contribution is 5.76. The summed E-state index contributed by atoms with van der Waals surface area (Å²) in [7, 11) is 2.14. The lowest BCUT2D eigenvalue weighted by molar-refractivity contribution is 0.0995. The van der Waals surface area contributed by atoms with E-state index in [0.717, 1.165) is 30.7 Å². The summed E-state index contributed by atoms with van der Waals surface area (Å²) in [5.74, 6) is 0. The molecule has 1 aliphatic heterocycles. The van der Waals surface area contributed by atoms with Gasteiger partial charge in [-0.05, 0) is 61.2 Å². The highest BCUT2D eigenvalue weighted by Crippen LogP contribution is 2.18. The molecule has 2 aromatic rings. The molecule has 0 amide bonds. The normalized spacial score (nSPS) is 19.2. The fraction of sp³-hybridized carbons (Fsp3) is 0.600. The van der Waals surface area contributed by atoms with Crippen LogP contribution < -0.4 is 0 Å². The first-order chi connectivity index (χ1) is 9.83. The Labute approximate surface area is 118 Å². The maximum absolute atomic E-state index is 5.65. The van der Waals surface area contributed by atoms with Crippen LogP contribution in [-0.2, 0) is 11.3 Å². The predicted octanol–water partition coefficient (Wildman–Crippen LogP) is 2.61. The van der Waals surface area contributed by atoms with Gasteiger partial charge in [-0.2, -0.15) is 0 Å². The van der Waals surface area contributed by atoms with E-state index in [2.05, 4.69) is 28.3 Å². The van der Waals surface area contributed by atoms with Crippen LogP contribution in [0, 0.1) is 0 Å². The van der Waals surface area contributed by atoms with E-state index in [-0.39, 0.29) is 0 Å². The van der Waals surface area contributed by atoms with Gasteiger partial charge in [-0.25, -0.2) is 4.63 Å². The summed E-state index contributed by atoms with van der Waals surface area (Å²) in [6, 6.07) is 6.01. The molecule has 20 heavy (non-hydrogen) atoms. The lowest BCUT2D eigenvalue weighted by atomic mass is 10.1. The number of fused-ring (bicyclic) bond motifs is 1. The Balaban J connectivity index is 1.50. The Morgan fingerprint density at radius 1 is 1.35 bits per heavy atom. The first-order valence-electron chi connectivity index (χ1n) is 7.33. The van der Waals surface area contributed by atoms with Gasteiger partial charge in [0.05, 0.1) is 6.10 Å². The Morgan fingerprint density at radius 2 is 2.30 bits per heavy atom. The van der Waals surface area contributed by atoms with Crippen LogP contribution in [0.1, 0.15) is 31.2 Å². The number of aromatic nitrogens is 2. The van der Waals surface area contributed by atoms with Gasteiger partial charge in [-0.1, -0.05) is 12.1 Å². The van der Waals surface area contributed by atoms with E-state index in [9.17, 15) is 0 Å². The molecule has 0 bridgehead atoms. The van der Waals surface area contributed by atoms with Crippen LogP contribution in [0.2, 0.25) is 0 Å². The number of hydrogen-bond donors (Lipinski definition) is 0. The quantitative estimate of drug-likeness (QED) is 0.811. The molecule has 1 aromatic heterocycles. The minimum atomic E-state index is 0.492. The molecule has 0 aliphatic carbocycles. The lowest BCUT2D eigenvalue weighted by Gasteiger charge is -2.17. The van der Waals surface area contributed by atoms with Crippen LogP contribution in [0.5, 0.6) is 0 Å². The fourth-order valence-corrected chi connectivity index (χ4v) is 2.82. The van der Waals surface area contributed by atoms with Gasteiger partial charge in [-0.15, -0.1) is 0 Å². The smallest absolute Gasteiger partial charge is 0.139 e. The van der Waals surface area contributed by atoms with E-state index in [1.807, 2.05) is 12.1 Å². The summed E-state index contributed by atoms with van der Waals surface area (Å²) < 4.78 is 10.5. The number of ether oxygens (including phenoxy) is 1. The summed E-state index contributed by atoms with van der Waals surface area (Å²) >= 11 is 0. The fourth-order valence-electron chi connectivity index (χ4n) is 2.82. The van der Waals surface area contributed by atoms with Crippen LogP contribution in [0.3, 0.4) is 0 Å². The van der Waals surface area contributed by atoms with Gasteiger partial charge in [0.1, 0.15) is 11.0 Å². The van der Waals surface area contributed by atoms with Gasteiger partial charge in [0.15, 0.2) is 0 Å². The van der Waals surface area contributed by atoms with Crippen molar-refractivity contribution in [1.82, 2.24) is 15.2 Å². The first kappa shape index (κ1) is 13.5. The van der Waals surface area contributed by atoms with Crippen molar-refractivity contribution in [3.63, 3.8) is 0 Å². The van der Waals surface area contributed by atoms with E-state index >= 15 is 0 Å². The Morgan fingerprint density at radius 3 is 3.15 bits per heavy atom. The van der Waals surface area contributed by atoms with Crippen molar-refractivity contribution in [3.05, 3.63) is 23.8 Å². The maximum atomic E-state index is 5.65. The average molecular weight is 275 g/mol. The second-order valence-corrected chi connectivity index (χ2v) is 5.56. The van der Waals surface area contributed by atoms with Crippen LogP contribution in [0.15, 0.2) is 22.8 Å². The van der Waals surface area contributed by atoms with E-state index < -0.39 is 0 Å². The molecule has 0 unspecified atom stereocenters. The van der Waals surface area contributed by atoms with E-state index in [1.165, 1.54) is 31.2 Å². The molecular formula is C15H21N3O2. The third kappa shape index (κ3) is 3.16. The number of hydrogen-bond acceptors (Lipinski definition) is 5. The minimum Gasteiger partial charge on any atom is -0.378 e. The Hall–Kier alpha value is -1.46. The van der Waals surface area contributed by atoms with E-state index in [4.69, 9.17) is 9.37 Å². The van der Waals surface area contributed by atoms with Crippen molar-refractivity contribution in [2.75, 3.05) is 20.2 Å². The molecule has 3 rings (SSSR count). The Kier molecular flexibility index (Phi) is 4.28.